The molecule has 4 rings (SSSR count). The molecule has 0 fully saturated rings. The predicted molar refractivity (Wildman–Crippen MR) is 97.7 cm³/mol. The highest BCUT2D eigenvalue weighted by atomic mass is 19.4. The molecule has 6 nitrogen and oxygen atoms in total. The fraction of sp³-hybridized carbons (Fsp3) is 0.211. The number of aliphatic hydroxyl groups excluding tert-OH is 1. The van der Waals surface area contributed by atoms with E-state index in [9.17, 15) is 18.3 Å². The van der Waals surface area contributed by atoms with Gasteiger partial charge < -0.3 is 10.0 Å². The molecule has 0 atom stereocenters. The van der Waals surface area contributed by atoms with Crippen molar-refractivity contribution in [2.45, 2.75) is 12.7 Å². The van der Waals surface area contributed by atoms with Gasteiger partial charge in [0.05, 0.1) is 19.3 Å². The Morgan fingerprint density at radius 3 is 2.71 bits per heavy atom. The summed E-state index contributed by atoms with van der Waals surface area (Å²) < 4.78 is 39.3. The van der Waals surface area contributed by atoms with Crippen LogP contribution in [0, 0.1) is 0 Å². The highest BCUT2D eigenvalue weighted by Crippen LogP contribution is 2.31. The van der Waals surface area contributed by atoms with Crippen molar-refractivity contribution in [1.29, 1.82) is 0 Å². The molecule has 0 aliphatic carbocycles. The molecule has 2 aromatic heterocycles. The van der Waals surface area contributed by atoms with Crippen LogP contribution in [0.2, 0.25) is 0 Å². The predicted octanol–water partition coefficient (Wildman–Crippen LogP) is 3.76. The number of pyridine rings is 1. The van der Waals surface area contributed by atoms with Gasteiger partial charge in [-0.3, -0.25) is 4.98 Å². The van der Waals surface area contributed by atoms with E-state index in [1.54, 1.807) is 17.0 Å². The zero-order valence-electron chi connectivity index (χ0n) is 14.9. The van der Waals surface area contributed by atoms with Gasteiger partial charge in [-0.15, -0.1) is 5.10 Å². The minimum atomic E-state index is -4.46. The summed E-state index contributed by atoms with van der Waals surface area (Å²) in [6, 6.07) is 8.10. The SMILES string of the molecule is CN1CC(O)=Cc2cc(-c3cn(Cc4ccc(C(F)(F)F)nc4)nn3)ccc21. The molecule has 1 aliphatic heterocycles. The number of hydrogen-bond acceptors (Lipinski definition) is 5. The largest absolute Gasteiger partial charge is 0.510 e. The molecule has 0 saturated heterocycles. The fourth-order valence-electron chi connectivity index (χ4n) is 3.11. The zero-order chi connectivity index (χ0) is 19.9. The van der Waals surface area contributed by atoms with E-state index in [1.165, 1.54) is 12.3 Å². The third kappa shape index (κ3) is 3.55. The molecular formula is C19H16F3N5O. The topological polar surface area (TPSA) is 67.1 Å². The molecule has 0 unspecified atom stereocenters. The molecule has 1 aliphatic rings. The Labute approximate surface area is 158 Å². The van der Waals surface area contributed by atoms with Crippen molar-refractivity contribution in [3.8, 4) is 11.3 Å². The van der Waals surface area contributed by atoms with Gasteiger partial charge in [-0.25, -0.2) is 4.68 Å². The van der Waals surface area contributed by atoms with Crippen molar-refractivity contribution in [2.75, 3.05) is 18.5 Å². The standard InChI is InChI=1S/C19H16F3N5O/c1-26-10-15(28)7-14-6-13(3-4-17(14)26)16-11-27(25-24-16)9-12-2-5-18(23-8-12)19(20,21)22/h2-8,11,28H,9-10H2,1H3. The third-order valence-corrected chi connectivity index (χ3v) is 4.45. The maximum absolute atomic E-state index is 12.6. The molecule has 9 heteroatoms. The summed E-state index contributed by atoms with van der Waals surface area (Å²) in [5.74, 6) is 0.283. The second-order valence-corrected chi connectivity index (χ2v) is 6.62. The molecule has 3 heterocycles. The lowest BCUT2D eigenvalue weighted by atomic mass is 10.0. The van der Waals surface area contributed by atoms with E-state index in [0.717, 1.165) is 22.9 Å². The maximum atomic E-state index is 12.6. The number of hydrogen-bond donors (Lipinski definition) is 1. The Balaban J connectivity index is 1.55. The van der Waals surface area contributed by atoms with Crippen LogP contribution in [0.15, 0.2) is 48.5 Å². The third-order valence-electron chi connectivity index (χ3n) is 4.45. The van der Waals surface area contributed by atoms with Gasteiger partial charge in [0.2, 0.25) is 0 Å². The molecule has 0 radical (unpaired) electrons. The number of anilines is 1. The van der Waals surface area contributed by atoms with E-state index in [0.29, 0.717) is 17.8 Å². The molecule has 0 amide bonds. The van der Waals surface area contributed by atoms with Crippen LogP contribution in [0.5, 0.6) is 0 Å². The molecule has 1 aromatic carbocycles. The van der Waals surface area contributed by atoms with Crippen molar-refractivity contribution in [2.24, 2.45) is 0 Å². The molecule has 144 valence electrons. The smallest absolute Gasteiger partial charge is 0.433 e. The van der Waals surface area contributed by atoms with Crippen LogP contribution in [0.1, 0.15) is 16.8 Å². The summed E-state index contributed by atoms with van der Waals surface area (Å²) in [6.45, 7) is 0.718. The number of aromatic nitrogens is 4. The van der Waals surface area contributed by atoms with Crippen LogP contribution in [-0.4, -0.2) is 38.7 Å². The molecule has 0 spiro atoms. The first kappa shape index (κ1) is 18.0. The van der Waals surface area contributed by atoms with Gasteiger partial charge in [-0.05, 0) is 29.8 Å². The summed E-state index contributed by atoms with van der Waals surface area (Å²) in [7, 11) is 1.90. The first-order valence-corrected chi connectivity index (χ1v) is 8.47. The monoisotopic (exact) mass is 387 g/mol. The number of halogens is 3. The minimum Gasteiger partial charge on any atom is -0.510 e. The molecule has 0 saturated carbocycles. The molecule has 28 heavy (non-hydrogen) atoms. The Morgan fingerprint density at radius 2 is 2.00 bits per heavy atom. The lowest BCUT2D eigenvalue weighted by molar-refractivity contribution is -0.141. The van der Waals surface area contributed by atoms with Gasteiger partial charge in [0.1, 0.15) is 17.1 Å². The number of nitrogens with zero attached hydrogens (tertiary/aromatic N) is 5. The Hall–Kier alpha value is -3.36. The first-order chi connectivity index (χ1) is 13.3. The Morgan fingerprint density at radius 1 is 1.18 bits per heavy atom. The van der Waals surface area contributed by atoms with Crippen molar-refractivity contribution in [3.63, 3.8) is 0 Å². The van der Waals surface area contributed by atoms with Crippen LogP contribution in [0.3, 0.4) is 0 Å². The van der Waals surface area contributed by atoms with E-state index in [-0.39, 0.29) is 12.3 Å². The maximum Gasteiger partial charge on any atom is 0.433 e. The van der Waals surface area contributed by atoms with Crippen molar-refractivity contribution < 1.29 is 18.3 Å². The van der Waals surface area contributed by atoms with E-state index < -0.39 is 11.9 Å². The van der Waals surface area contributed by atoms with Crippen molar-refractivity contribution >= 4 is 11.8 Å². The number of rotatable bonds is 3. The number of fused-ring (bicyclic) bond motifs is 1. The zero-order valence-corrected chi connectivity index (χ0v) is 14.9. The molecule has 1 N–H and O–H groups in total. The molecular weight excluding hydrogens is 371 g/mol. The second-order valence-electron chi connectivity index (χ2n) is 6.62. The summed E-state index contributed by atoms with van der Waals surface area (Å²) in [5, 5.41) is 18.0. The van der Waals surface area contributed by atoms with Gasteiger partial charge in [0.15, 0.2) is 0 Å². The van der Waals surface area contributed by atoms with Crippen molar-refractivity contribution in [3.05, 3.63) is 65.3 Å². The van der Waals surface area contributed by atoms with E-state index in [4.69, 9.17) is 0 Å². The molecule has 0 bridgehead atoms. The molecule has 3 aromatic rings. The summed E-state index contributed by atoms with van der Waals surface area (Å²) in [4.78, 5) is 5.40. The summed E-state index contributed by atoms with van der Waals surface area (Å²) in [6.07, 6.45) is 0.168. The number of likely N-dealkylation sites (N-methyl/N-ethyl adjacent to an activating group) is 1. The highest BCUT2D eigenvalue weighted by Gasteiger charge is 2.32. The summed E-state index contributed by atoms with van der Waals surface area (Å²) in [5.41, 5.74) is 3.00. The second kappa shape index (κ2) is 6.66. The average molecular weight is 387 g/mol. The van der Waals surface area contributed by atoms with E-state index >= 15 is 0 Å². The minimum absolute atomic E-state index is 0.256. The Kier molecular flexibility index (Phi) is 4.29. The average Bonchev–Trinajstić information content (AvgIpc) is 3.09. The highest BCUT2D eigenvalue weighted by molar-refractivity contribution is 5.77. The van der Waals surface area contributed by atoms with Gasteiger partial charge in [0.25, 0.3) is 0 Å². The number of benzene rings is 1. The summed E-state index contributed by atoms with van der Waals surface area (Å²) >= 11 is 0. The Bertz CT molecular complexity index is 1040. The van der Waals surface area contributed by atoms with E-state index in [1.807, 2.05) is 30.1 Å². The van der Waals surface area contributed by atoms with Crippen LogP contribution >= 0.6 is 0 Å². The van der Waals surface area contributed by atoms with Gasteiger partial charge >= 0.3 is 6.18 Å². The van der Waals surface area contributed by atoms with E-state index in [2.05, 4.69) is 15.3 Å². The van der Waals surface area contributed by atoms with Gasteiger partial charge in [0, 0.05) is 30.1 Å². The quantitative estimate of drug-likeness (QED) is 0.741. The van der Waals surface area contributed by atoms with Crippen LogP contribution < -0.4 is 4.90 Å². The van der Waals surface area contributed by atoms with Gasteiger partial charge in [-0.2, -0.15) is 13.2 Å². The normalized spacial score (nSPS) is 14.0. The number of alkyl halides is 3. The van der Waals surface area contributed by atoms with Crippen molar-refractivity contribution in [1.82, 2.24) is 20.0 Å². The fourth-order valence-corrected chi connectivity index (χ4v) is 3.11. The lowest BCUT2D eigenvalue weighted by Crippen LogP contribution is -2.23. The number of aliphatic hydroxyl groups is 1. The van der Waals surface area contributed by atoms with Gasteiger partial charge in [-0.1, -0.05) is 17.3 Å². The lowest BCUT2D eigenvalue weighted by Gasteiger charge is -2.25. The van der Waals surface area contributed by atoms with Crippen LogP contribution in [0.25, 0.3) is 17.3 Å². The van der Waals surface area contributed by atoms with Crippen LogP contribution in [0.4, 0.5) is 18.9 Å². The first-order valence-electron chi connectivity index (χ1n) is 8.47. The van der Waals surface area contributed by atoms with Crippen LogP contribution in [-0.2, 0) is 12.7 Å².